The monoisotopic (exact) mass is 511 g/mol. The van der Waals surface area contributed by atoms with Crippen LogP contribution in [0.15, 0.2) is 24.3 Å². The number of hydrogen-bond acceptors (Lipinski definition) is 6. The first kappa shape index (κ1) is 27.3. The fourth-order valence-electron chi connectivity index (χ4n) is 3.49. The molecule has 2 fully saturated rings. The number of carbonyl (C=O) groups excluding carboxylic acids is 1. The van der Waals surface area contributed by atoms with Gasteiger partial charge in [-0.15, -0.1) is 0 Å². The number of hydrogen-bond donors (Lipinski definition) is 2. The number of halogens is 3. The first-order chi connectivity index (χ1) is 15.4. The highest BCUT2D eigenvalue weighted by Crippen LogP contribution is 2.22. The number of alkyl halides is 3. The number of thioether (sulfide) groups is 1. The lowest BCUT2D eigenvalue weighted by molar-refractivity contribution is -0.192. The van der Waals surface area contributed by atoms with Crippen molar-refractivity contribution in [3.63, 3.8) is 0 Å². The van der Waals surface area contributed by atoms with E-state index in [0.29, 0.717) is 17.3 Å². The zero-order chi connectivity index (χ0) is 24.6. The SMILES string of the molecule is CCS(=O)(=O)Nc1ccc(C(=O)N2CCC(N3CCSCC3)CC2)cc1.O=C(O)C(F)(F)F. The van der Waals surface area contributed by atoms with Crippen LogP contribution in [0.1, 0.15) is 30.1 Å². The number of amides is 1. The first-order valence-corrected chi connectivity index (χ1v) is 13.3. The number of piperidine rings is 1. The number of carboxylic acid groups (broad SMARTS) is 1. The molecule has 1 aromatic rings. The van der Waals surface area contributed by atoms with Crippen LogP contribution < -0.4 is 4.72 Å². The van der Waals surface area contributed by atoms with E-state index in [0.717, 1.165) is 25.9 Å². The molecule has 0 aliphatic carbocycles. The summed E-state index contributed by atoms with van der Waals surface area (Å²) in [6, 6.07) is 7.30. The molecule has 13 heteroatoms. The minimum absolute atomic E-state index is 0.0261. The van der Waals surface area contributed by atoms with E-state index >= 15 is 0 Å². The van der Waals surface area contributed by atoms with E-state index in [2.05, 4.69) is 9.62 Å². The van der Waals surface area contributed by atoms with Crippen molar-refractivity contribution in [2.45, 2.75) is 32.0 Å². The second-order valence-corrected chi connectivity index (χ2v) is 10.8. The second kappa shape index (κ2) is 11.9. The number of aliphatic carboxylic acids is 1. The van der Waals surface area contributed by atoms with Crippen molar-refractivity contribution >= 4 is 39.3 Å². The maximum Gasteiger partial charge on any atom is 0.490 e. The zero-order valence-corrected chi connectivity index (χ0v) is 19.8. The Bertz CT molecular complexity index is 897. The van der Waals surface area contributed by atoms with Gasteiger partial charge in [-0.2, -0.15) is 24.9 Å². The highest BCUT2D eigenvalue weighted by atomic mass is 32.2. The Kier molecular flexibility index (Phi) is 9.85. The van der Waals surface area contributed by atoms with Crippen molar-refractivity contribution in [3.05, 3.63) is 29.8 Å². The number of anilines is 1. The van der Waals surface area contributed by atoms with Crippen LogP contribution in [0.2, 0.25) is 0 Å². The van der Waals surface area contributed by atoms with Crippen molar-refractivity contribution in [1.29, 1.82) is 0 Å². The predicted octanol–water partition coefficient (Wildman–Crippen LogP) is 2.73. The molecule has 33 heavy (non-hydrogen) atoms. The molecule has 0 atom stereocenters. The van der Waals surface area contributed by atoms with E-state index in [1.807, 2.05) is 16.7 Å². The Labute approximate surface area is 195 Å². The summed E-state index contributed by atoms with van der Waals surface area (Å²) in [6.45, 7) is 5.50. The molecule has 2 saturated heterocycles. The second-order valence-electron chi connectivity index (χ2n) is 7.56. The summed E-state index contributed by atoms with van der Waals surface area (Å²) in [7, 11) is -3.29. The normalized spacial score (nSPS) is 18.2. The number of nitrogens with zero attached hydrogens (tertiary/aromatic N) is 2. The molecule has 0 aromatic heterocycles. The van der Waals surface area contributed by atoms with Gasteiger partial charge in [0.1, 0.15) is 0 Å². The number of carbonyl (C=O) groups is 2. The van der Waals surface area contributed by atoms with E-state index in [1.54, 1.807) is 31.2 Å². The minimum Gasteiger partial charge on any atom is -0.475 e. The fraction of sp³-hybridized carbons (Fsp3) is 0.600. The van der Waals surface area contributed by atoms with Gasteiger partial charge in [0.2, 0.25) is 10.0 Å². The van der Waals surface area contributed by atoms with Gasteiger partial charge in [-0.1, -0.05) is 0 Å². The Balaban J connectivity index is 0.000000479. The molecule has 3 rings (SSSR count). The quantitative estimate of drug-likeness (QED) is 0.626. The number of nitrogens with one attached hydrogen (secondary N) is 1. The minimum atomic E-state index is -5.08. The summed E-state index contributed by atoms with van der Waals surface area (Å²) in [4.78, 5) is 26.1. The molecule has 0 unspecified atom stereocenters. The lowest BCUT2D eigenvalue weighted by Crippen LogP contribution is -2.49. The highest BCUT2D eigenvalue weighted by molar-refractivity contribution is 7.99. The lowest BCUT2D eigenvalue weighted by Gasteiger charge is -2.40. The van der Waals surface area contributed by atoms with Crippen LogP contribution in [-0.4, -0.2) is 90.9 Å². The van der Waals surface area contributed by atoms with Gasteiger partial charge in [-0.05, 0) is 44.0 Å². The molecule has 186 valence electrons. The van der Waals surface area contributed by atoms with Gasteiger partial charge in [0.05, 0.1) is 5.75 Å². The average molecular weight is 512 g/mol. The van der Waals surface area contributed by atoms with Crippen molar-refractivity contribution in [2.24, 2.45) is 0 Å². The first-order valence-electron chi connectivity index (χ1n) is 10.4. The zero-order valence-electron chi connectivity index (χ0n) is 18.2. The molecule has 2 aliphatic heterocycles. The maximum atomic E-state index is 12.7. The van der Waals surface area contributed by atoms with E-state index in [-0.39, 0.29) is 11.7 Å². The molecule has 0 bridgehead atoms. The molecule has 0 spiro atoms. The van der Waals surface area contributed by atoms with E-state index in [9.17, 15) is 26.4 Å². The third-order valence-electron chi connectivity index (χ3n) is 5.34. The van der Waals surface area contributed by atoms with Crippen LogP contribution in [0.4, 0.5) is 18.9 Å². The smallest absolute Gasteiger partial charge is 0.475 e. The summed E-state index contributed by atoms with van der Waals surface area (Å²) in [5.41, 5.74) is 1.10. The maximum absolute atomic E-state index is 12.7. The summed E-state index contributed by atoms with van der Waals surface area (Å²) >= 11 is 2.02. The molecule has 1 amide bonds. The van der Waals surface area contributed by atoms with Crippen LogP contribution in [0, 0.1) is 0 Å². The Morgan fingerprint density at radius 1 is 1.09 bits per heavy atom. The van der Waals surface area contributed by atoms with E-state index in [1.165, 1.54) is 24.6 Å². The van der Waals surface area contributed by atoms with Gasteiger partial charge in [0.25, 0.3) is 5.91 Å². The molecule has 8 nitrogen and oxygen atoms in total. The molecule has 1 aromatic carbocycles. The van der Waals surface area contributed by atoms with Crippen LogP contribution in [0.25, 0.3) is 0 Å². The van der Waals surface area contributed by atoms with Gasteiger partial charge in [-0.3, -0.25) is 14.4 Å². The van der Waals surface area contributed by atoms with Gasteiger partial charge in [-0.25, -0.2) is 13.2 Å². The third kappa shape index (κ3) is 8.70. The molecule has 2 aliphatic rings. The third-order valence-corrected chi connectivity index (χ3v) is 7.59. The standard InChI is InChI=1S/C18H27N3O3S2.C2HF3O2/c1-2-26(23,24)19-16-5-3-15(4-6-16)18(22)21-9-7-17(8-10-21)20-11-13-25-14-12-20;3-2(4,5)1(6)7/h3-6,17,19H,2,7-14H2,1H3;(H,6,7). The van der Waals surface area contributed by atoms with E-state index < -0.39 is 22.2 Å². The molecular formula is C20H28F3N3O5S2. The molecular weight excluding hydrogens is 483 g/mol. The lowest BCUT2D eigenvalue weighted by atomic mass is 10.0. The van der Waals surface area contributed by atoms with Crippen LogP contribution >= 0.6 is 11.8 Å². The van der Waals surface area contributed by atoms with Crippen LogP contribution in [0.5, 0.6) is 0 Å². The van der Waals surface area contributed by atoms with Crippen molar-refractivity contribution in [1.82, 2.24) is 9.80 Å². The van der Waals surface area contributed by atoms with Crippen molar-refractivity contribution in [2.75, 3.05) is 48.2 Å². The number of carboxylic acids is 1. The van der Waals surface area contributed by atoms with Gasteiger partial charge in [0, 0.05) is 55.0 Å². The van der Waals surface area contributed by atoms with Crippen molar-refractivity contribution < 1.29 is 36.3 Å². The fourth-order valence-corrected chi connectivity index (χ4v) is 5.06. The Morgan fingerprint density at radius 2 is 1.61 bits per heavy atom. The topological polar surface area (TPSA) is 107 Å². The Hall–Kier alpha value is -1.99. The van der Waals surface area contributed by atoms with Gasteiger partial charge < -0.3 is 10.0 Å². The van der Waals surface area contributed by atoms with Crippen molar-refractivity contribution in [3.8, 4) is 0 Å². The van der Waals surface area contributed by atoms with Gasteiger partial charge in [0.15, 0.2) is 0 Å². The number of rotatable bonds is 5. The summed E-state index contributed by atoms with van der Waals surface area (Å²) in [5.74, 6) is -0.270. The van der Waals surface area contributed by atoms with Crippen LogP contribution in [-0.2, 0) is 14.8 Å². The molecule has 0 radical (unpaired) electrons. The summed E-state index contributed by atoms with van der Waals surface area (Å²) < 4.78 is 57.4. The predicted molar refractivity (Wildman–Crippen MR) is 121 cm³/mol. The average Bonchev–Trinajstić information content (AvgIpc) is 2.79. The molecule has 0 saturated carbocycles. The highest BCUT2D eigenvalue weighted by Gasteiger charge is 2.38. The molecule has 2 heterocycles. The number of likely N-dealkylation sites (tertiary alicyclic amines) is 1. The van der Waals surface area contributed by atoms with E-state index in [4.69, 9.17) is 9.90 Å². The summed E-state index contributed by atoms with van der Waals surface area (Å²) in [6.07, 6.45) is -3.02. The van der Waals surface area contributed by atoms with Crippen LogP contribution in [0.3, 0.4) is 0 Å². The number of benzene rings is 1. The molecule has 2 N–H and O–H groups in total. The largest absolute Gasteiger partial charge is 0.490 e. The number of sulfonamides is 1. The Morgan fingerprint density at radius 3 is 2.06 bits per heavy atom. The summed E-state index contributed by atoms with van der Waals surface area (Å²) in [5, 5.41) is 7.12. The van der Waals surface area contributed by atoms with Gasteiger partial charge >= 0.3 is 12.1 Å².